The first kappa shape index (κ1) is 14.2. The lowest BCUT2D eigenvalue weighted by Gasteiger charge is -2.13. The van der Waals surface area contributed by atoms with E-state index in [0.29, 0.717) is 0 Å². The summed E-state index contributed by atoms with van der Waals surface area (Å²) in [6.45, 7) is 1.28. The predicted molar refractivity (Wildman–Crippen MR) is 65.3 cm³/mol. The average molecular weight is 299 g/mol. The third-order valence-electron chi connectivity index (χ3n) is 1.87. The number of anilines is 1. The van der Waals surface area contributed by atoms with Gasteiger partial charge in [-0.05, 0) is 25.1 Å². The molecule has 0 aliphatic carbocycles. The monoisotopic (exact) mass is 297 g/mol. The molecule has 0 spiro atoms. The number of halogens is 4. The molecule has 0 aliphatic rings. The van der Waals surface area contributed by atoms with E-state index in [1.807, 2.05) is 0 Å². The Morgan fingerprint density at radius 1 is 1.29 bits per heavy atom. The summed E-state index contributed by atoms with van der Waals surface area (Å²) >= 11 is 16.0. The van der Waals surface area contributed by atoms with Gasteiger partial charge in [-0.15, -0.1) is 0 Å². The van der Waals surface area contributed by atoms with Crippen LogP contribution in [0.2, 0.25) is 0 Å². The summed E-state index contributed by atoms with van der Waals surface area (Å²) in [6, 6.07) is 3.32. The van der Waals surface area contributed by atoms with Crippen molar-refractivity contribution in [1.82, 2.24) is 0 Å². The van der Waals surface area contributed by atoms with Gasteiger partial charge in [0, 0.05) is 5.56 Å². The van der Waals surface area contributed by atoms with E-state index in [4.69, 9.17) is 34.8 Å². The van der Waals surface area contributed by atoms with Crippen LogP contribution in [0.3, 0.4) is 0 Å². The van der Waals surface area contributed by atoms with Crippen LogP contribution in [0.5, 0.6) is 0 Å². The smallest absolute Gasteiger partial charge is 0.276 e. The highest BCUT2D eigenvalue weighted by atomic mass is 35.6. The lowest BCUT2D eigenvalue weighted by molar-refractivity contribution is -0.115. The van der Waals surface area contributed by atoms with Crippen LogP contribution in [-0.4, -0.2) is 15.5 Å². The normalized spacial score (nSPS) is 11.1. The zero-order chi connectivity index (χ0) is 13.2. The first-order chi connectivity index (χ1) is 7.71. The second kappa shape index (κ2) is 5.21. The van der Waals surface area contributed by atoms with Crippen LogP contribution < -0.4 is 5.32 Å². The fourth-order valence-electron chi connectivity index (χ4n) is 1.12. The molecule has 1 aromatic rings. The van der Waals surface area contributed by atoms with E-state index < -0.39 is 15.5 Å². The molecule has 3 nitrogen and oxygen atoms in total. The van der Waals surface area contributed by atoms with Crippen LogP contribution in [0.15, 0.2) is 18.2 Å². The van der Waals surface area contributed by atoms with Crippen LogP contribution in [0.25, 0.3) is 0 Å². The summed E-state index contributed by atoms with van der Waals surface area (Å²) in [7, 11) is 0. The number of amides is 1. The molecule has 0 aromatic heterocycles. The van der Waals surface area contributed by atoms with Crippen LogP contribution in [0.1, 0.15) is 17.3 Å². The number of carbonyl (C=O) groups is 2. The quantitative estimate of drug-likeness (QED) is 0.672. The summed E-state index contributed by atoms with van der Waals surface area (Å²) in [6.07, 6.45) is 0. The largest absolute Gasteiger partial charge is 0.322 e. The summed E-state index contributed by atoms with van der Waals surface area (Å²) in [5.74, 6) is -1.92. The van der Waals surface area contributed by atoms with Crippen molar-refractivity contribution in [1.29, 1.82) is 0 Å². The van der Waals surface area contributed by atoms with Gasteiger partial charge in [-0.25, -0.2) is 4.39 Å². The topological polar surface area (TPSA) is 46.2 Å². The maximum atomic E-state index is 13.0. The summed E-state index contributed by atoms with van der Waals surface area (Å²) in [4.78, 5) is 22.6. The lowest BCUT2D eigenvalue weighted by Crippen LogP contribution is -2.27. The highest BCUT2D eigenvalue weighted by Crippen LogP contribution is 2.28. The lowest BCUT2D eigenvalue weighted by atomic mass is 10.1. The van der Waals surface area contributed by atoms with Crippen molar-refractivity contribution in [3.63, 3.8) is 0 Å². The third kappa shape index (κ3) is 3.84. The van der Waals surface area contributed by atoms with Gasteiger partial charge in [0.2, 0.25) is 0 Å². The molecule has 0 saturated carbocycles. The number of nitrogens with one attached hydrogen (secondary N) is 1. The van der Waals surface area contributed by atoms with Gasteiger partial charge >= 0.3 is 0 Å². The Morgan fingerprint density at radius 2 is 1.88 bits per heavy atom. The number of ketones is 1. The Labute approximate surface area is 112 Å². The van der Waals surface area contributed by atoms with Gasteiger partial charge in [-0.2, -0.15) is 0 Å². The van der Waals surface area contributed by atoms with Gasteiger partial charge in [-0.3, -0.25) is 9.59 Å². The Morgan fingerprint density at radius 3 is 2.35 bits per heavy atom. The molecule has 0 aliphatic heterocycles. The minimum atomic E-state index is -2.18. The molecule has 0 unspecified atom stereocenters. The zero-order valence-electron chi connectivity index (χ0n) is 8.56. The molecule has 17 heavy (non-hydrogen) atoms. The molecule has 1 amide bonds. The van der Waals surface area contributed by atoms with Gasteiger partial charge < -0.3 is 5.32 Å². The fourth-order valence-corrected chi connectivity index (χ4v) is 1.26. The van der Waals surface area contributed by atoms with E-state index in [2.05, 4.69) is 5.32 Å². The van der Waals surface area contributed by atoms with Crippen molar-refractivity contribution in [2.24, 2.45) is 0 Å². The van der Waals surface area contributed by atoms with E-state index in [1.165, 1.54) is 13.0 Å². The molecule has 0 saturated heterocycles. The molecule has 0 atom stereocenters. The predicted octanol–water partition coefficient (Wildman–Crippen LogP) is 3.34. The van der Waals surface area contributed by atoms with Crippen LogP contribution in [-0.2, 0) is 4.79 Å². The van der Waals surface area contributed by atoms with Crippen LogP contribution >= 0.6 is 34.8 Å². The van der Waals surface area contributed by atoms with Crippen molar-refractivity contribution >= 4 is 52.2 Å². The van der Waals surface area contributed by atoms with Gasteiger partial charge in [0.1, 0.15) is 5.82 Å². The molecule has 92 valence electrons. The number of carbonyl (C=O) groups excluding carboxylic acids is 2. The number of Topliss-reactive ketones (excluding diaryl/α,β-unsaturated/α-hetero) is 1. The maximum absolute atomic E-state index is 13.0. The molecule has 0 radical (unpaired) electrons. The Bertz CT molecular complexity index is 471. The Kier molecular flexibility index (Phi) is 4.36. The first-order valence-electron chi connectivity index (χ1n) is 4.40. The minimum Gasteiger partial charge on any atom is -0.322 e. The van der Waals surface area contributed by atoms with E-state index in [0.717, 1.165) is 12.1 Å². The molecule has 1 rings (SSSR count). The van der Waals surface area contributed by atoms with Crippen LogP contribution in [0.4, 0.5) is 10.1 Å². The maximum Gasteiger partial charge on any atom is 0.276 e. The van der Waals surface area contributed by atoms with Gasteiger partial charge in [0.15, 0.2) is 5.78 Å². The van der Waals surface area contributed by atoms with Crippen molar-refractivity contribution in [3.05, 3.63) is 29.6 Å². The average Bonchev–Trinajstić information content (AvgIpc) is 2.15. The van der Waals surface area contributed by atoms with E-state index in [1.54, 1.807) is 0 Å². The van der Waals surface area contributed by atoms with Gasteiger partial charge in [0.25, 0.3) is 9.70 Å². The first-order valence-corrected chi connectivity index (χ1v) is 5.54. The van der Waals surface area contributed by atoms with Gasteiger partial charge in [-0.1, -0.05) is 34.8 Å². The van der Waals surface area contributed by atoms with Crippen molar-refractivity contribution in [2.75, 3.05) is 5.32 Å². The summed E-state index contributed by atoms with van der Waals surface area (Å²) < 4.78 is 10.8. The Hall–Kier alpha value is -0.840. The number of alkyl halides is 3. The van der Waals surface area contributed by atoms with E-state index in [9.17, 15) is 14.0 Å². The van der Waals surface area contributed by atoms with Crippen molar-refractivity contribution in [2.45, 2.75) is 10.7 Å². The number of rotatable bonds is 2. The Balaban J connectivity index is 3.09. The number of benzene rings is 1. The molecule has 1 aromatic carbocycles. The molecular formula is C10H7Cl3FNO2. The molecule has 0 bridgehead atoms. The number of hydrogen-bond acceptors (Lipinski definition) is 2. The van der Waals surface area contributed by atoms with Crippen molar-refractivity contribution in [3.8, 4) is 0 Å². The fraction of sp³-hybridized carbons (Fsp3) is 0.200. The summed E-state index contributed by atoms with van der Waals surface area (Å²) in [5, 5.41) is 2.18. The van der Waals surface area contributed by atoms with Gasteiger partial charge in [0.05, 0.1) is 5.69 Å². The summed E-state index contributed by atoms with van der Waals surface area (Å²) in [5.41, 5.74) is 0.0998. The van der Waals surface area contributed by atoms with E-state index in [-0.39, 0.29) is 17.0 Å². The third-order valence-corrected chi connectivity index (χ3v) is 2.38. The standard InChI is InChI=1S/C10H7Cl3FNO2/c1-5(16)7-3-2-6(14)4-8(7)15-9(17)10(11,12)13/h2-4H,1H3,(H,15,17). The molecule has 0 heterocycles. The van der Waals surface area contributed by atoms with E-state index >= 15 is 0 Å². The van der Waals surface area contributed by atoms with Crippen molar-refractivity contribution < 1.29 is 14.0 Å². The molecule has 1 N–H and O–H groups in total. The number of hydrogen-bond donors (Lipinski definition) is 1. The second-order valence-electron chi connectivity index (χ2n) is 3.20. The molecule has 0 fully saturated rings. The zero-order valence-corrected chi connectivity index (χ0v) is 10.8. The molecular weight excluding hydrogens is 291 g/mol. The highest BCUT2D eigenvalue weighted by Gasteiger charge is 2.31. The SMILES string of the molecule is CC(=O)c1ccc(F)cc1NC(=O)C(Cl)(Cl)Cl. The second-order valence-corrected chi connectivity index (χ2v) is 5.48. The highest BCUT2D eigenvalue weighted by molar-refractivity contribution is 6.76. The van der Waals surface area contributed by atoms with Crippen LogP contribution in [0, 0.1) is 5.82 Å². The minimum absolute atomic E-state index is 0.0335. The molecule has 7 heteroatoms.